The second-order valence-corrected chi connectivity index (χ2v) is 2.15. The van der Waals surface area contributed by atoms with Crippen LogP contribution in [-0.4, -0.2) is 5.91 Å². The maximum absolute atomic E-state index is 10.3. The van der Waals surface area contributed by atoms with Crippen molar-refractivity contribution in [2.45, 2.75) is 19.3 Å². The Morgan fingerprint density at radius 3 is 2.75 bits per heavy atom. The average Bonchev–Trinajstić information content (AvgIpc) is 2.50. The summed E-state index contributed by atoms with van der Waals surface area (Å²) in [5.41, 5.74) is 6.31. The van der Waals surface area contributed by atoms with Gasteiger partial charge in [0.05, 0.1) is 0 Å². The molecule has 1 saturated carbocycles. The summed E-state index contributed by atoms with van der Waals surface area (Å²) in [6.45, 7) is 0. The van der Waals surface area contributed by atoms with Crippen molar-refractivity contribution in [2.75, 3.05) is 0 Å². The van der Waals surface area contributed by atoms with Gasteiger partial charge >= 0.3 is 0 Å². The molecule has 0 atom stereocenters. The van der Waals surface area contributed by atoms with Gasteiger partial charge in [0.25, 0.3) is 5.91 Å². The van der Waals surface area contributed by atoms with Crippen molar-refractivity contribution in [3.63, 3.8) is 0 Å². The van der Waals surface area contributed by atoms with Crippen LogP contribution in [0.4, 0.5) is 0 Å². The molecule has 0 unspecified atom stereocenters. The Morgan fingerprint density at radius 2 is 2.38 bits per heavy atom. The fourth-order valence-electron chi connectivity index (χ4n) is 0.615. The number of hydrogen-bond donors (Lipinski definition) is 1. The first-order valence-corrected chi connectivity index (χ1v) is 2.73. The highest BCUT2D eigenvalue weighted by Gasteiger charge is 2.23. The largest absolute Gasteiger partial charge is 0.271 e. The summed E-state index contributed by atoms with van der Waals surface area (Å²) in [6.07, 6.45) is 2.81. The Balaban J connectivity index is 2.16. The highest BCUT2D eigenvalue weighted by Crippen LogP contribution is 2.32. The topological polar surface area (TPSA) is 53.3 Å². The van der Waals surface area contributed by atoms with E-state index in [1.807, 2.05) is 0 Å². The van der Waals surface area contributed by atoms with E-state index >= 15 is 0 Å². The molecule has 1 aliphatic carbocycles. The molecule has 3 heteroatoms. The van der Waals surface area contributed by atoms with Gasteiger partial charge in [-0.1, -0.05) is 0 Å². The number of nitrogens with zero attached hydrogens (tertiary/aromatic N) is 1. The third-order valence-corrected chi connectivity index (χ3v) is 1.28. The molecule has 0 heterocycles. The van der Waals surface area contributed by atoms with E-state index in [4.69, 9.17) is 5.53 Å². The van der Waals surface area contributed by atoms with E-state index in [2.05, 4.69) is 5.11 Å². The predicted octanol–water partition coefficient (Wildman–Crippen LogP) is 1.34. The molecule has 1 amide bonds. The van der Waals surface area contributed by atoms with Crippen LogP contribution in [0.5, 0.6) is 0 Å². The molecule has 0 bridgehead atoms. The van der Waals surface area contributed by atoms with Gasteiger partial charge in [-0.2, -0.15) is 0 Å². The molecule has 0 aliphatic heterocycles. The van der Waals surface area contributed by atoms with Crippen LogP contribution >= 0.6 is 0 Å². The van der Waals surface area contributed by atoms with Crippen molar-refractivity contribution in [2.24, 2.45) is 11.0 Å². The van der Waals surface area contributed by atoms with Crippen LogP contribution in [0.2, 0.25) is 0 Å². The zero-order chi connectivity index (χ0) is 5.98. The number of amides is 1. The molecular formula is C5H8N2O. The lowest BCUT2D eigenvalue weighted by Gasteiger charge is -1.83. The van der Waals surface area contributed by atoms with Crippen molar-refractivity contribution >= 4 is 5.91 Å². The molecule has 1 rings (SSSR count). The van der Waals surface area contributed by atoms with Crippen molar-refractivity contribution < 1.29 is 4.79 Å². The molecule has 44 valence electrons. The van der Waals surface area contributed by atoms with Gasteiger partial charge in [0.15, 0.2) is 0 Å². The van der Waals surface area contributed by atoms with Gasteiger partial charge < -0.3 is 0 Å². The first kappa shape index (κ1) is 5.41. The minimum atomic E-state index is -0.271. The number of carbonyl (C=O) groups excluding carboxylic acids is 1. The first-order valence-electron chi connectivity index (χ1n) is 2.73. The summed E-state index contributed by atoms with van der Waals surface area (Å²) < 4.78 is 0. The SMILES string of the molecule is N=NC(=O)CC1CC1. The van der Waals surface area contributed by atoms with Gasteiger partial charge in [-0.3, -0.25) is 4.79 Å². The quantitative estimate of drug-likeness (QED) is 0.538. The minimum absolute atomic E-state index is 0.271. The van der Waals surface area contributed by atoms with E-state index < -0.39 is 0 Å². The fourth-order valence-corrected chi connectivity index (χ4v) is 0.615. The van der Waals surface area contributed by atoms with Crippen LogP contribution in [0.1, 0.15) is 19.3 Å². The standard InChI is InChI=1S/C5H8N2O/c6-7-5(8)3-4-1-2-4/h4,6H,1-3H2. The van der Waals surface area contributed by atoms with Crippen LogP contribution in [0.15, 0.2) is 5.11 Å². The van der Waals surface area contributed by atoms with E-state index in [1.54, 1.807) is 0 Å². The third-order valence-electron chi connectivity index (χ3n) is 1.28. The number of carbonyl (C=O) groups is 1. The summed E-state index contributed by atoms with van der Waals surface area (Å²) >= 11 is 0. The molecule has 1 aliphatic rings. The summed E-state index contributed by atoms with van der Waals surface area (Å²) in [5, 5.41) is 2.78. The maximum atomic E-state index is 10.3. The summed E-state index contributed by atoms with van der Waals surface area (Å²) in [6, 6.07) is 0. The maximum Gasteiger partial charge on any atom is 0.264 e. The Morgan fingerprint density at radius 1 is 1.75 bits per heavy atom. The van der Waals surface area contributed by atoms with Crippen LogP contribution in [0.25, 0.3) is 0 Å². The molecular weight excluding hydrogens is 104 g/mol. The molecule has 0 aromatic heterocycles. The number of nitrogens with one attached hydrogen (secondary N) is 1. The minimum Gasteiger partial charge on any atom is -0.271 e. The van der Waals surface area contributed by atoms with E-state index in [1.165, 1.54) is 0 Å². The van der Waals surface area contributed by atoms with Crippen LogP contribution in [0, 0.1) is 11.4 Å². The van der Waals surface area contributed by atoms with Gasteiger partial charge in [-0.15, -0.1) is 5.11 Å². The van der Waals surface area contributed by atoms with Crippen LogP contribution in [-0.2, 0) is 4.79 Å². The van der Waals surface area contributed by atoms with Gasteiger partial charge in [-0.05, 0) is 18.8 Å². The van der Waals surface area contributed by atoms with Gasteiger partial charge in [0.1, 0.15) is 0 Å². The predicted molar refractivity (Wildman–Crippen MR) is 27.5 cm³/mol. The average molecular weight is 112 g/mol. The lowest BCUT2D eigenvalue weighted by atomic mass is 10.3. The van der Waals surface area contributed by atoms with E-state index in [0.717, 1.165) is 12.8 Å². The van der Waals surface area contributed by atoms with Gasteiger partial charge in [-0.25, -0.2) is 5.53 Å². The molecule has 1 fully saturated rings. The molecule has 0 saturated heterocycles. The highest BCUT2D eigenvalue weighted by atomic mass is 16.1. The summed E-state index contributed by atoms with van der Waals surface area (Å²) in [7, 11) is 0. The normalized spacial score (nSPS) is 18.0. The van der Waals surface area contributed by atoms with E-state index in [0.29, 0.717) is 12.3 Å². The van der Waals surface area contributed by atoms with Crippen molar-refractivity contribution in [3.05, 3.63) is 0 Å². The highest BCUT2D eigenvalue weighted by molar-refractivity contribution is 5.76. The Bertz CT molecular complexity index is 118. The Hall–Kier alpha value is -0.730. The molecule has 3 nitrogen and oxygen atoms in total. The Labute approximate surface area is 47.6 Å². The van der Waals surface area contributed by atoms with Crippen molar-refractivity contribution in [1.82, 2.24) is 0 Å². The van der Waals surface area contributed by atoms with Gasteiger partial charge in [0, 0.05) is 6.42 Å². The molecule has 0 aromatic carbocycles. The number of hydrogen-bond acceptors (Lipinski definition) is 2. The van der Waals surface area contributed by atoms with Crippen molar-refractivity contribution in [1.29, 1.82) is 5.53 Å². The molecule has 0 radical (unpaired) electrons. The zero-order valence-electron chi connectivity index (χ0n) is 4.55. The summed E-state index contributed by atoms with van der Waals surface area (Å²) in [4.78, 5) is 10.3. The molecule has 0 spiro atoms. The smallest absolute Gasteiger partial charge is 0.264 e. The second kappa shape index (κ2) is 2.03. The first-order chi connectivity index (χ1) is 3.83. The molecule has 0 aromatic rings. The lowest BCUT2D eigenvalue weighted by molar-refractivity contribution is -0.118. The van der Waals surface area contributed by atoms with E-state index in [-0.39, 0.29) is 5.91 Å². The molecule has 1 N–H and O–H groups in total. The molecule has 8 heavy (non-hydrogen) atoms. The van der Waals surface area contributed by atoms with Crippen LogP contribution < -0.4 is 0 Å². The summed E-state index contributed by atoms with van der Waals surface area (Å²) in [5.74, 6) is 0.295. The monoisotopic (exact) mass is 112 g/mol. The van der Waals surface area contributed by atoms with Gasteiger partial charge in [0.2, 0.25) is 0 Å². The fraction of sp³-hybridized carbons (Fsp3) is 0.800. The Kier molecular flexibility index (Phi) is 1.37. The lowest BCUT2D eigenvalue weighted by Crippen LogP contribution is -1.91. The van der Waals surface area contributed by atoms with Crippen LogP contribution in [0.3, 0.4) is 0 Å². The van der Waals surface area contributed by atoms with E-state index in [9.17, 15) is 4.79 Å². The zero-order valence-corrected chi connectivity index (χ0v) is 4.55. The van der Waals surface area contributed by atoms with Crippen molar-refractivity contribution in [3.8, 4) is 0 Å². The second-order valence-electron chi connectivity index (χ2n) is 2.15. The number of rotatable bonds is 2. The third kappa shape index (κ3) is 1.40.